The first-order valence-corrected chi connectivity index (χ1v) is 10.6. The quantitative estimate of drug-likeness (QED) is 0.618. The van der Waals surface area contributed by atoms with E-state index in [1.807, 2.05) is 25.1 Å². The Morgan fingerprint density at radius 3 is 2.73 bits per heavy atom. The zero-order valence-electron chi connectivity index (χ0n) is 17.1. The highest BCUT2D eigenvalue weighted by Crippen LogP contribution is 2.31. The Morgan fingerprint density at radius 2 is 2.03 bits per heavy atom. The summed E-state index contributed by atoms with van der Waals surface area (Å²) in [5.74, 6) is -0.277. The zero-order chi connectivity index (χ0) is 21.4. The number of rotatable bonds is 4. The first kappa shape index (κ1) is 21.0. The van der Waals surface area contributed by atoms with Gasteiger partial charge in [0.15, 0.2) is 0 Å². The van der Waals surface area contributed by atoms with Crippen LogP contribution < -0.4 is 10.2 Å². The van der Waals surface area contributed by atoms with Crippen LogP contribution in [0.3, 0.4) is 0 Å². The van der Waals surface area contributed by atoms with Gasteiger partial charge in [-0.15, -0.1) is 0 Å². The minimum Gasteiger partial charge on any atom is -0.377 e. The predicted octanol–water partition coefficient (Wildman–Crippen LogP) is 4.51. The molecule has 2 aromatic heterocycles. The summed E-state index contributed by atoms with van der Waals surface area (Å²) in [6, 6.07) is 10.1. The summed E-state index contributed by atoms with van der Waals surface area (Å²) < 4.78 is 5.75. The van der Waals surface area contributed by atoms with Gasteiger partial charge in [0.05, 0.1) is 27.7 Å². The van der Waals surface area contributed by atoms with Crippen molar-refractivity contribution in [2.75, 3.05) is 25.1 Å². The van der Waals surface area contributed by atoms with Crippen molar-refractivity contribution in [3.63, 3.8) is 0 Å². The van der Waals surface area contributed by atoms with E-state index in [1.54, 1.807) is 14.0 Å². The number of aryl methyl sites for hydroxylation is 2. The van der Waals surface area contributed by atoms with Crippen molar-refractivity contribution >= 4 is 45.7 Å². The Balaban J connectivity index is 1.54. The number of anilines is 1. The Bertz CT molecular complexity index is 1100. The van der Waals surface area contributed by atoms with E-state index in [2.05, 4.69) is 32.3 Å². The number of carbonyl (C=O) groups excluding carboxylic acids is 1. The normalized spacial score (nSPS) is 19.3. The SMILES string of the molecule is CO[C@H]1CN(c2cc(C)nc3ccccc23)CC[C@H]1NC(=O)c1[nH]c(C)c(Cl)c1Cl. The van der Waals surface area contributed by atoms with Crippen molar-refractivity contribution in [2.45, 2.75) is 32.4 Å². The van der Waals surface area contributed by atoms with Crippen LogP contribution in [-0.2, 0) is 4.74 Å². The van der Waals surface area contributed by atoms with Gasteiger partial charge in [0.2, 0.25) is 0 Å². The highest BCUT2D eigenvalue weighted by Gasteiger charge is 2.32. The molecule has 0 bridgehead atoms. The molecule has 0 radical (unpaired) electrons. The van der Waals surface area contributed by atoms with Gasteiger partial charge in [-0.25, -0.2) is 0 Å². The maximum absolute atomic E-state index is 12.8. The first-order valence-electron chi connectivity index (χ1n) is 9.87. The number of nitrogens with zero attached hydrogens (tertiary/aromatic N) is 2. The molecule has 0 spiro atoms. The summed E-state index contributed by atoms with van der Waals surface area (Å²) in [4.78, 5) is 22.7. The lowest BCUT2D eigenvalue weighted by Gasteiger charge is -2.39. The third-order valence-electron chi connectivity index (χ3n) is 5.62. The largest absolute Gasteiger partial charge is 0.377 e. The minimum atomic E-state index is -0.277. The monoisotopic (exact) mass is 446 g/mol. The molecule has 0 saturated carbocycles. The van der Waals surface area contributed by atoms with Crippen LogP contribution in [0.2, 0.25) is 10.0 Å². The summed E-state index contributed by atoms with van der Waals surface area (Å²) in [6.45, 7) is 5.23. The zero-order valence-corrected chi connectivity index (χ0v) is 18.6. The van der Waals surface area contributed by atoms with Gasteiger partial charge < -0.3 is 19.9 Å². The second-order valence-corrected chi connectivity index (χ2v) is 8.40. The molecule has 2 atom stereocenters. The number of H-pyrrole nitrogens is 1. The molecule has 1 aromatic carbocycles. The molecule has 158 valence electrons. The van der Waals surface area contributed by atoms with Crippen LogP contribution in [0.15, 0.2) is 30.3 Å². The number of pyridine rings is 1. The summed E-state index contributed by atoms with van der Waals surface area (Å²) in [6.07, 6.45) is 0.575. The summed E-state index contributed by atoms with van der Waals surface area (Å²) in [5.41, 5.74) is 4.05. The molecule has 3 aromatic rings. The van der Waals surface area contributed by atoms with Crippen LogP contribution in [0.4, 0.5) is 5.69 Å². The average Bonchev–Trinajstić information content (AvgIpc) is 3.00. The van der Waals surface area contributed by atoms with Crippen LogP contribution in [0.1, 0.15) is 28.3 Å². The van der Waals surface area contributed by atoms with Crippen LogP contribution in [-0.4, -0.2) is 48.2 Å². The molecular formula is C22H24Cl2N4O2. The van der Waals surface area contributed by atoms with Crippen molar-refractivity contribution in [3.05, 3.63) is 57.5 Å². The molecule has 1 saturated heterocycles. The van der Waals surface area contributed by atoms with Crippen LogP contribution >= 0.6 is 23.2 Å². The number of hydrogen-bond donors (Lipinski definition) is 2. The van der Waals surface area contributed by atoms with Gasteiger partial charge in [0, 0.05) is 42.7 Å². The molecule has 30 heavy (non-hydrogen) atoms. The molecule has 1 aliphatic heterocycles. The highest BCUT2D eigenvalue weighted by atomic mass is 35.5. The lowest BCUT2D eigenvalue weighted by Crippen LogP contribution is -2.55. The van der Waals surface area contributed by atoms with Gasteiger partial charge in [-0.3, -0.25) is 9.78 Å². The van der Waals surface area contributed by atoms with E-state index in [0.717, 1.165) is 35.2 Å². The summed E-state index contributed by atoms with van der Waals surface area (Å²) in [7, 11) is 1.67. The van der Waals surface area contributed by atoms with E-state index in [9.17, 15) is 4.79 Å². The highest BCUT2D eigenvalue weighted by molar-refractivity contribution is 6.44. The number of benzene rings is 1. The lowest BCUT2D eigenvalue weighted by molar-refractivity contribution is 0.0541. The molecule has 1 amide bonds. The van der Waals surface area contributed by atoms with Crippen LogP contribution in [0, 0.1) is 13.8 Å². The molecule has 8 heteroatoms. The Morgan fingerprint density at radius 1 is 1.27 bits per heavy atom. The Hall–Kier alpha value is -2.28. The van der Waals surface area contributed by atoms with Crippen LogP contribution in [0.5, 0.6) is 0 Å². The first-order chi connectivity index (χ1) is 14.4. The molecule has 0 unspecified atom stereocenters. The molecule has 0 aliphatic carbocycles. The van der Waals surface area contributed by atoms with Gasteiger partial charge in [-0.2, -0.15) is 0 Å². The van der Waals surface area contributed by atoms with E-state index in [4.69, 9.17) is 27.9 Å². The van der Waals surface area contributed by atoms with Gasteiger partial charge in [0.1, 0.15) is 5.69 Å². The number of aromatic nitrogens is 2. The maximum atomic E-state index is 12.8. The molecule has 1 fully saturated rings. The number of aromatic amines is 1. The Kier molecular flexibility index (Phi) is 5.91. The summed E-state index contributed by atoms with van der Waals surface area (Å²) >= 11 is 12.3. The predicted molar refractivity (Wildman–Crippen MR) is 121 cm³/mol. The van der Waals surface area contributed by atoms with Gasteiger partial charge >= 0.3 is 0 Å². The molecule has 1 aliphatic rings. The van der Waals surface area contributed by atoms with E-state index in [-0.39, 0.29) is 28.8 Å². The number of piperidine rings is 1. The second kappa shape index (κ2) is 8.46. The standard InChI is InChI=1S/C22H24Cl2N4O2/c1-12-10-17(14-6-4-5-7-15(14)25-12)28-9-8-16(18(11-28)30-3)27-22(29)21-20(24)19(23)13(2)26-21/h4-7,10,16,18,26H,8-9,11H2,1-3H3,(H,27,29)/t16-,18+/m1/s1. The molecule has 6 nitrogen and oxygen atoms in total. The fraction of sp³-hybridized carbons (Fsp3) is 0.364. The number of carbonyl (C=O) groups is 1. The second-order valence-electron chi connectivity index (χ2n) is 7.64. The number of nitrogens with one attached hydrogen (secondary N) is 2. The van der Waals surface area contributed by atoms with E-state index in [1.165, 1.54) is 0 Å². The number of methoxy groups -OCH3 is 1. The third kappa shape index (κ3) is 3.87. The van der Waals surface area contributed by atoms with Gasteiger partial charge in [-0.1, -0.05) is 41.4 Å². The van der Waals surface area contributed by atoms with Crippen molar-refractivity contribution in [2.24, 2.45) is 0 Å². The number of amides is 1. The molecule has 2 N–H and O–H groups in total. The van der Waals surface area contributed by atoms with E-state index >= 15 is 0 Å². The Labute approximate surface area is 185 Å². The third-order valence-corrected chi connectivity index (χ3v) is 6.57. The van der Waals surface area contributed by atoms with Gasteiger partial charge in [0.25, 0.3) is 5.91 Å². The lowest BCUT2D eigenvalue weighted by atomic mass is 9.99. The number of hydrogen-bond acceptors (Lipinski definition) is 4. The van der Waals surface area contributed by atoms with Crippen molar-refractivity contribution in [1.29, 1.82) is 0 Å². The number of para-hydroxylation sites is 1. The maximum Gasteiger partial charge on any atom is 0.269 e. The van der Waals surface area contributed by atoms with E-state index < -0.39 is 0 Å². The smallest absolute Gasteiger partial charge is 0.269 e. The van der Waals surface area contributed by atoms with Crippen molar-refractivity contribution < 1.29 is 9.53 Å². The molecule has 4 rings (SSSR count). The number of ether oxygens (including phenoxy) is 1. The van der Waals surface area contributed by atoms with Crippen molar-refractivity contribution in [1.82, 2.24) is 15.3 Å². The molecular weight excluding hydrogens is 423 g/mol. The molecule has 3 heterocycles. The summed E-state index contributed by atoms with van der Waals surface area (Å²) in [5, 5.41) is 4.80. The van der Waals surface area contributed by atoms with Crippen molar-refractivity contribution in [3.8, 4) is 0 Å². The van der Waals surface area contributed by atoms with E-state index in [0.29, 0.717) is 17.3 Å². The fourth-order valence-electron chi connectivity index (χ4n) is 4.06. The fourth-order valence-corrected chi connectivity index (χ4v) is 4.47. The van der Waals surface area contributed by atoms with Gasteiger partial charge in [-0.05, 0) is 32.4 Å². The minimum absolute atomic E-state index is 0.133. The number of fused-ring (bicyclic) bond motifs is 1. The number of halogens is 2. The van der Waals surface area contributed by atoms with Crippen LogP contribution in [0.25, 0.3) is 10.9 Å². The average molecular weight is 447 g/mol. The topological polar surface area (TPSA) is 70.2 Å².